The van der Waals surface area contributed by atoms with Gasteiger partial charge in [0.05, 0.1) is 7.11 Å². The second kappa shape index (κ2) is 7.36. The van der Waals surface area contributed by atoms with Crippen molar-refractivity contribution >= 4 is 23.8 Å². The zero-order valence-electron chi connectivity index (χ0n) is 12.9. The summed E-state index contributed by atoms with van der Waals surface area (Å²) >= 11 is 1.49. The molecule has 116 valence electrons. The van der Waals surface area contributed by atoms with Crippen LogP contribution in [-0.2, 0) is 14.3 Å². The number of benzene rings is 1. The summed E-state index contributed by atoms with van der Waals surface area (Å²) in [7, 11) is 1.29. The molecule has 6 heteroatoms. The number of esters is 1. The zero-order chi connectivity index (χ0) is 16.0. The van der Waals surface area contributed by atoms with Crippen LogP contribution in [0.3, 0.4) is 0 Å². The number of hydrogen-bond donors (Lipinski definition) is 1. The third-order valence-corrected chi connectivity index (χ3v) is 3.36. The Kier molecular flexibility index (Phi) is 6.08. The predicted octanol–water partition coefficient (Wildman–Crippen LogP) is 3.15. The summed E-state index contributed by atoms with van der Waals surface area (Å²) in [4.78, 5) is 24.8. The minimum Gasteiger partial charge on any atom is -0.467 e. The molecule has 0 aliphatic heterocycles. The van der Waals surface area contributed by atoms with E-state index < -0.39 is 23.7 Å². The van der Waals surface area contributed by atoms with Crippen molar-refractivity contribution in [3.05, 3.63) is 29.8 Å². The first-order valence-electron chi connectivity index (χ1n) is 6.48. The molecule has 0 aliphatic carbocycles. The van der Waals surface area contributed by atoms with Gasteiger partial charge in [-0.2, -0.15) is 0 Å². The number of methoxy groups -OCH3 is 1. The van der Waals surface area contributed by atoms with Crippen LogP contribution in [0.25, 0.3) is 0 Å². The van der Waals surface area contributed by atoms with Gasteiger partial charge in [-0.1, -0.05) is 18.2 Å². The maximum atomic E-state index is 12.0. The van der Waals surface area contributed by atoms with Crippen molar-refractivity contribution in [1.29, 1.82) is 0 Å². The van der Waals surface area contributed by atoms with E-state index in [1.807, 2.05) is 24.5 Å². The van der Waals surface area contributed by atoms with Crippen molar-refractivity contribution in [2.45, 2.75) is 37.3 Å². The molecule has 1 aromatic rings. The van der Waals surface area contributed by atoms with E-state index in [9.17, 15) is 9.59 Å². The van der Waals surface area contributed by atoms with Crippen LogP contribution in [0.4, 0.5) is 4.79 Å². The average molecular weight is 311 g/mol. The molecule has 21 heavy (non-hydrogen) atoms. The molecule has 0 radical (unpaired) electrons. The van der Waals surface area contributed by atoms with Crippen molar-refractivity contribution in [2.24, 2.45) is 0 Å². The molecule has 5 nitrogen and oxygen atoms in total. The minimum atomic E-state index is -0.895. The predicted molar refractivity (Wildman–Crippen MR) is 82.3 cm³/mol. The van der Waals surface area contributed by atoms with Crippen LogP contribution < -0.4 is 5.32 Å². The first-order chi connectivity index (χ1) is 9.78. The van der Waals surface area contributed by atoms with Crippen LogP contribution >= 0.6 is 11.8 Å². The molecular weight excluding hydrogens is 290 g/mol. The quantitative estimate of drug-likeness (QED) is 0.683. The highest BCUT2D eigenvalue weighted by molar-refractivity contribution is 7.98. The largest absolute Gasteiger partial charge is 0.467 e. The van der Waals surface area contributed by atoms with E-state index in [0.717, 1.165) is 4.90 Å². The fraction of sp³-hybridized carbons (Fsp3) is 0.467. The molecule has 0 saturated carbocycles. The highest BCUT2D eigenvalue weighted by Gasteiger charge is 2.28. The Morgan fingerprint density at radius 1 is 1.24 bits per heavy atom. The lowest BCUT2D eigenvalue weighted by Crippen LogP contribution is -2.38. The van der Waals surface area contributed by atoms with E-state index in [1.54, 1.807) is 26.8 Å². The maximum absolute atomic E-state index is 12.0. The number of ether oxygens (including phenoxy) is 2. The Hall–Kier alpha value is -1.69. The highest BCUT2D eigenvalue weighted by atomic mass is 32.2. The summed E-state index contributed by atoms with van der Waals surface area (Å²) in [5.74, 6) is -0.539. The Bertz CT molecular complexity index is 511. The van der Waals surface area contributed by atoms with Gasteiger partial charge in [0.25, 0.3) is 0 Å². The van der Waals surface area contributed by atoms with Gasteiger partial charge in [-0.25, -0.2) is 9.59 Å². The first-order valence-corrected chi connectivity index (χ1v) is 7.71. The molecule has 0 heterocycles. The number of thioether (sulfide) groups is 1. The Morgan fingerprint density at radius 3 is 2.38 bits per heavy atom. The number of amides is 1. The van der Waals surface area contributed by atoms with Crippen LogP contribution in [0.5, 0.6) is 0 Å². The molecule has 0 bridgehead atoms. The van der Waals surface area contributed by atoms with E-state index >= 15 is 0 Å². The van der Waals surface area contributed by atoms with Gasteiger partial charge in [0.1, 0.15) is 5.60 Å². The minimum absolute atomic E-state index is 0.539. The monoisotopic (exact) mass is 311 g/mol. The summed E-state index contributed by atoms with van der Waals surface area (Å²) in [6, 6.07) is 6.45. The van der Waals surface area contributed by atoms with Crippen molar-refractivity contribution in [2.75, 3.05) is 13.4 Å². The summed E-state index contributed by atoms with van der Waals surface area (Å²) in [5.41, 5.74) is 0.0479. The third kappa shape index (κ3) is 5.30. The number of hydrogen-bond acceptors (Lipinski definition) is 5. The molecule has 1 amide bonds. The zero-order valence-corrected chi connectivity index (χ0v) is 13.7. The van der Waals surface area contributed by atoms with E-state index in [4.69, 9.17) is 9.47 Å². The van der Waals surface area contributed by atoms with Crippen molar-refractivity contribution in [1.82, 2.24) is 5.32 Å². The SMILES string of the molecule is COC(=O)C(NC(=O)OC(C)(C)C)c1ccccc1SC. The van der Waals surface area contributed by atoms with E-state index in [2.05, 4.69) is 5.32 Å². The summed E-state index contributed by atoms with van der Waals surface area (Å²) in [5, 5.41) is 2.57. The Balaban J connectivity index is 3.02. The van der Waals surface area contributed by atoms with Crippen LogP contribution in [0.15, 0.2) is 29.2 Å². The normalized spacial score (nSPS) is 12.4. The van der Waals surface area contributed by atoms with Crippen molar-refractivity contribution in [3.8, 4) is 0 Å². The van der Waals surface area contributed by atoms with Gasteiger partial charge in [0, 0.05) is 4.90 Å². The average Bonchev–Trinajstić information content (AvgIpc) is 2.42. The molecule has 0 spiro atoms. The van der Waals surface area contributed by atoms with Crippen LogP contribution in [0.1, 0.15) is 32.4 Å². The molecule has 0 fully saturated rings. The van der Waals surface area contributed by atoms with Crippen LogP contribution in [0.2, 0.25) is 0 Å². The maximum Gasteiger partial charge on any atom is 0.408 e. The van der Waals surface area contributed by atoms with Gasteiger partial charge in [0.2, 0.25) is 0 Å². The fourth-order valence-corrected chi connectivity index (χ4v) is 2.35. The lowest BCUT2D eigenvalue weighted by molar-refractivity contribution is -0.143. The van der Waals surface area contributed by atoms with Crippen molar-refractivity contribution < 1.29 is 19.1 Å². The molecule has 0 aromatic heterocycles. The number of carbonyl (C=O) groups is 2. The smallest absolute Gasteiger partial charge is 0.408 e. The number of rotatable bonds is 4. The van der Waals surface area contributed by atoms with Gasteiger partial charge in [-0.3, -0.25) is 0 Å². The van der Waals surface area contributed by atoms with Gasteiger partial charge in [-0.15, -0.1) is 11.8 Å². The number of nitrogens with one attached hydrogen (secondary N) is 1. The molecule has 1 N–H and O–H groups in total. The second-order valence-corrected chi connectivity index (χ2v) is 6.19. The van der Waals surface area contributed by atoms with Crippen molar-refractivity contribution in [3.63, 3.8) is 0 Å². The van der Waals surface area contributed by atoms with Gasteiger partial charge in [-0.05, 0) is 38.7 Å². The van der Waals surface area contributed by atoms with Gasteiger partial charge in [0.15, 0.2) is 6.04 Å². The lowest BCUT2D eigenvalue weighted by Gasteiger charge is -2.23. The summed E-state index contributed by atoms with van der Waals surface area (Å²) in [6.45, 7) is 5.28. The lowest BCUT2D eigenvalue weighted by atomic mass is 10.1. The molecule has 1 rings (SSSR count). The molecule has 1 atom stereocenters. The fourth-order valence-electron chi connectivity index (χ4n) is 1.71. The van der Waals surface area contributed by atoms with Gasteiger partial charge >= 0.3 is 12.1 Å². The molecule has 0 aliphatic rings. The second-order valence-electron chi connectivity index (χ2n) is 5.34. The summed E-state index contributed by atoms with van der Waals surface area (Å²) < 4.78 is 9.97. The Labute approximate surface area is 129 Å². The molecule has 1 unspecified atom stereocenters. The number of carbonyl (C=O) groups excluding carboxylic acids is 2. The summed E-state index contributed by atoms with van der Waals surface area (Å²) in [6.07, 6.45) is 1.24. The van der Waals surface area contributed by atoms with E-state index in [-0.39, 0.29) is 0 Å². The topological polar surface area (TPSA) is 64.6 Å². The van der Waals surface area contributed by atoms with Gasteiger partial charge < -0.3 is 14.8 Å². The van der Waals surface area contributed by atoms with E-state index in [1.165, 1.54) is 18.9 Å². The highest BCUT2D eigenvalue weighted by Crippen LogP contribution is 2.26. The Morgan fingerprint density at radius 2 is 1.86 bits per heavy atom. The van der Waals surface area contributed by atoms with E-state index in [0.29, 0.717) is 5.56 Å². The molecule has 0 saturated heterocycles. The standard InChI is InChI=1S/C15H21NO4S/c1-15(2,3)20-14(18)16-12(13(17)19-4)10-8-6-7-9-11(10)21-5/h6-9,12H,1-5H3,(H,16,18). The molecule has 1 aromatic carbocycles. The van der Waals surface area contributed by atoms with Crippen LogP contribution in [0, 0.1) is 0 Å². The molecular formula is C15H21NO4S. The number of alkyl carbamates (subject to hydrolysis) is 1. The van der Waals surface area contributed by atoms with Crippen LogP contribution in [-0.4, -0.2) is 31.0 Å². The first kappa shape index (κ1) is 17.4. The third-order valence-electron chi connectivity index (χ3n) is 2.55.